The SMILES string of the molecule is N#Cc1ccc(-c2nc(-c3ccccc3)cc(-c3ccccc3)n2)c(-n2c3ccc(C#N)cc3c3cc(C#N)ccc32)c1. The third-order valence-electron chi connectivity index (χ3n) is 7.50. The number of hydrogen-bond acceptors (Lipinski definition) is 5. The number of hydrogen-bond donors (Lipinski definition) is 0. The Balaban J connectivity index is 1.56. The van der Waals surface area contributed by atoms with E-state index in [9.17, 15) is 15.8 Å². The summed E-state index contributed by atoms with van der Waals surface area (Å²) in [6.45, 7) is 0. The van der Waals surface area contributed by atoms with Crippen molar-refractivity contribution in [3.63, 3.8) is 0 Å². The second kappa shape index (κ2) is 10.5. The third kappa shape index (κ3) is 4.45. The lowest BCUT2D eigenvalue weighted by Crippen LogP contribution is -2.02. The topological polar surface area (TPSA) is 102 Å². The van der Waals surface area contributed by atoms with Crippen LogP contribution < -0.4 is 0 Å². The molecule has 198 valence electrons. The van der Waals surface area contributed by atoms with Crippen molar-refractivity contribution in [1.29, 1.82) is 15.8 Å². The summed E-state index contributed by atoms with van der Waals surface area (Å²) in [7, 11) is 0. The summed E-state index contributed by atoms with van der Waals surface area (Å²) in [6.07, 6.45) is 0. The lowest BCUT2D eigenvalue weighted by Gasteiger charge is -2.15. The molecule has 6 heteroatoms. The molecule has 0 N–H and O–H groups in total. The van der Waals surface area contributed by atoms with Crippen LogP contribution in [0.1, 0.15) is 16.7 Å². The Kier molecular flexibility index (Phi) is 6.18. The number of benzene rings is 5. The van der Waals surface area contributed by atoms with Crippen molar-refractivity contribution in [1.82, 2.24) is 14.5 Å². The van der Waals surface area contributed by atoms with E-state index in [2.05, 4.69) is 22.8 Å². The van der Waals surface area contributed by atoms with Crippen molar-refractivity contribution >= 4 is 21.8 Å². The Morgan fingerprint density at radius 2 is 0.953 bits per heavy atom. The Labute approximate surface area is 247 Å². The van der Waals surface area contributed by atoms with Gasteiger partial charge in [0, 0.05) is 27.5 Å². The molecule has 5 aromatic carbocycles. The molecule has 43 heavy (non-hydrogen) atoms. The molecule has 0 aliphatic carbocycles. The fraction of sp³-hybridized carbons (Fsp3) is 0. The molecule has 7 rings (SSSR count). The molecule has 0 fully saturated rings. The standard InChI is InChI=1S/C37H20N6/c38-21-24-12-15-34-30(17-24)31-18-25(22-39)13-16-35(31)43(34)36-19-26(23-40)11-14-29(36)37-41-32(27-7-3-1-4-8-27)20-33(42-37)28-9-5-2-6-10-28/h1-20H. The van der Waals surface area contributed by atoms with Gasteiger partial charge in [0.1, 0.15) is 0 Å². The molecule has 0 unspecified atom stereocenters. The highest BCUT2D eigenvalue weighted by molar-refractivity contribution is 6.10. The quantitative estimate of drug-likeness (QED) is 0.221. The van der Waals surface area contributed by atoms with Gasteiger partial charge in [0.25, 0.3) is 0 Å². The zero-order valence-electron chi connectivity index (χ0n) is 22.7. The maximum absolute atomic E-state index is 9.91. The average Bonchev–Trinajstić information content (AvgIpc) is 3.41. The number of nitrogens with zero attached hydrogens (tertiary/aromatic N) is 6. The zero-order chi connectivity index (χ0) is 29.3. The smallest absolute Gasteiger partial charge is 0.162 e. The molecule has 2 aromatic heterocycles. The van der Waals surface area contributed by atoms with Crippen molar-refractivity contribution in [2.24, 2.45) is 0 Å². The molecule has 0 saturated heterocycles. The zero-order valence-corrected chi connectivity index (χ0v) is 22.7. The molecule has 0 atom stereocenters. The van der Waals surface area contributed by atoms with Crippen LogP contribution in [0.4, 0.5) is 0 Å². The first kappa shape index (κ1) is 25.4. The lowest BCUT2D eigenvalue weighted by molar-refractivity contribution is 1.13. The first-order valence-electron chi connectivity index (χ1n) is 13.6. The van der Waals surface area contributed by atoms with E-state index in [4.69, 9.17) is 9.97 Å². The van der Waals surface area contributed by atoms with Crippen molar-refractivity contribution in [2.45, 2.75) is 0 Å². The van der Waals surface area contributed by atoms with Crippen molar-refractivity contribution in [2.75, 3.05) is 0 Å². The van der Waals surface area contributed by atoms with Crippen LogP contribution in [0.2, 0.25) is 0 Å². The van der Waals surface area contributed by atoms with E-state index >= 15 is 0 Å². The van der Waals surface area contributed by atoms with Gasteiger partial charge in [0.15, 0.2) is 5.82 Å². The average molecular weight is 549 g/mol. The second-order valence-corrected chi connectivity index (χ2v) is 10.1. The minimum absolute atomic E-state index is 0.485. The Morgan fingerprint density at radius 1 is 0.488 bits per heavy atom. The van der Waals surface area contributed by atoms with Gasteiger partial charge in [-0.1, -0.05) is 60.7 Å². The van der Waals surface area contributed by atoms with E-state index in [0.717, 1.165) is 55.6 Å². The summed E-state index contributed by atoms with van der Waals surface area (Å²) in [6, 6.07) is 45.2. The van der Waals surface area contributed by atoms with Crippen LogP contribution in [0.25, 0.3) is 61.4 Å². The minimum Gasteiger partial charge on any atom is -0.308 e. The van der Waals surface area contributed by atoms with Gasteiger partial charge >= 0.3 is 0 Å². The van der Waals surface area contributed by atoms with Gasteiger partial charge in [-0.3, -0.25) is 0 Å². The largest absolute Gasteiger partial charge is 0.308 e. The van der Waals surface area contributed by atoms with Gasteiger partial charge in [-0.15, -0.1) is 0 Å². The molecule has 0 bridgehead atoms. The van der Waals surface area contributed by atoms with Crippen LogP contribution in [0.15, 0.2) is 121 Å². The summed E-state index contributed by atoms with van der Waals surface area (Å²) < 4.78 is 2.06. The monoisotopic (exact) mass is 548 g/mol. The first-order valence-corrected chi connectivity index (χ1v) is 13.6. The Bertz CT molecular complexity index is 2190. The Hall–Kier alpha value is -6.55. The lowest BCUT2D eigenvalue weighted by atomic mass is 10.0. The van der Waals surface area contributed by atoms with Crippen molar-refractivity contribution in [3.8, 4) is 57.8 Å². The minimum atomic E-state index is 0.485. The highest BCUT2D eigenvalue weighted by Gasteiger charge is 2.20. The maximum atomic E-state index is 9.91. The number of fused-ring (bicyclic) bond motifs is 3. The van der Waals surface area contributed by atoms with Gasteiger partial charge in [-0.25, -0.2) is 9.97 Å². The molecular formula is C37H20N6. The number of rotatable bonds is 4. The van der Waals surface area contributed by atoms with Crippen LogP contribution in [0.5, 0.6) is 0 Å². The van der Waals surface area contributed by atoms with Gasteiger partial charge in [0.05, 0.1) is 63.0 Å². The van der Waals surface area contributed by atoms with Crippen LogP contribution >= 0.6 is 0 Å². The summed E-state index contributed by atoms with van der Waals surface area (Å²) >= 11 is 0. The van der Waals surface area contributed by atoms with Gasteiger partial charge in [0.2, 0.25) is 0 Å². The summed E-state index contributed by atoms with van der Waals surface area (Å²) in [5, 5.41) is 30.8. The molecule has 6 nitrogen and oxygen atoms in total. The predicted octanol–water partition coefficient (Wildman–Crippen LogP) is 8.19. The maximum Gasteiger partial charge on any atom is 0.162 e. The first-order chi connectivity index (χ1) is 21.2. The number of nitriles is 3. The van der Waals surface area contributed by atoms with E-state index in [1.165, 1.54) is 0 Å². The molecule has 0 spiro atoms. The van der Waals surface area contributed by atoms with Crippen LogP contribution in [0, 0.1) is 34.0 Å². The fourth-order valence-electron chi connectivity index (χ4n) is 5.48. The van der Waals surface area contributed by atoms with E-state index in [-0.39, 0.29) is 0 Å². The Morgan fingerprint density at radius 3 is 1.44 bits per heavy atom. The third-order valence-corrected chi connectivity index (χ3v) is 7.50. The van der Waals surface area contributed by atoms with Crippen LogP contribution in [0.3, 0.4) is 0 Å². The predicted molar refractivity (Wildman–Crippen MR) is 167 cm³/mol. The van der Waals surface area contributed by atoms with Crippen molar-refractivity contribution < 1.29 is 0 Å². The molecule has 0 saturated carbocycles. The highest BCUT2D eigenvalue weighted by Crippen LogP contribution is 2.38. The van der Waals surface area contributed by atoms with E-state index in [0.29, 0.717) is 22.5 Å². The highest BCUT2D eigenvalue weighted by atomic mass is 15.0. The normalized spacial score (nSPS) is 10.7. The van der Waals surface area contributed by atoms with E-state index < -0.39 is 0 Å². The molecule has 7 aromatic rings. The van der Waals surface area contributed by atoms with Gasteiger partial charge < -0.3 is 4.57 Å². The molecule has 0 aliphatic rings. The van der Waals surface area contributed by atoms with E-state index in [1.807, 2.05) is 103 Å². The molecule has 0 amide bonds. The molecule has 2 heterocycles. The summed E-state index contributed by atoms with van der Waals surface area (Å²) in [5.41, 5.74) is 8.13. The fourth-order valence-corrected chi connectivity index (χ4v) is 5.48. The second-order valence-electron chi connectivity index (χ2n) is 10.1. The van der Waals surface area contributed by atoms with Gasteiger partial charge in [-0.05, 0) is 60.7 Å². The van der Waals surface area contributed by atoms with Crippen LogP contribution in [-0.4, -0.2) is 14.5 Å². The molecule has 0 radical (unpaired) electrons. The molecule has 0 aliphatic heterocycles. The van der Waals surface area contributed by atoms with Crippen molar-refractivity contribution in [3.05, 3.63) is 138 Å². The summed E-state index contributed by atoms with van der Waals surface area (Å²) in [5.74, 6) is 0.511. The van der Waals surface area contributed by atoms with Crippen LogP contribution in [-0.2, 0) is 0 Å². The summed E-state index contributed by atoms with van der Waals surface area (Å²) in [4.78, 5) is 10.1. The molecular weight excluding hydrogens is 528 g/mol. The number of aromatic nitrogens is 3. The van der Waals surface area contributed by atoms with E-state index in [1.54, 1.807) is 18.2 Å². The van der Waals surface area contributed by atoms with Gasteiger partial charge in [-0.2, -0.15) is 15.8 Å².